The van der Waals surface area contributed by atoms with Gasteiger partial charge in [-0.05, 0) is 74.5 Å². The summed E-state index contributed by atoms with van der Waals surface area (Å²) < 4.78 is 25.6. The van der Waals surface area contributed by atoms with Gasteiger partial charge < -0.3 is 5.32 Å². The third-order valence-corrected chi connectivity index (χ3v) is 8.01. The number of carbonyl (C=O) groups is 1. The molecule has 0 spiro atoms. The Morgan fingerprint density at radius 3 is 2.69 bits per heavy atom. The second-order valence-electron chi connectivity index (χ2n) is 7.94. The molecule has 6 nitrogen and oxygen atoms in total. The van der Waals surface area contributed by atoms with E-state index in [0.717, 1.165) is 18.7 Å². The predicted molar refractivity (Wildman–Crippen MR) is 117 cm³/mol. The molecule has 2 unspecified atom stereocenters. The van der Waals surface area contributed by atoms with Crippen LogP contribution in [-0.4, -0.2) is 51.2 Å². The highest BCUT2D eigenvalue weighted by Crippen LogP contribution is 2.35. The molecule has 1 saturated heterocycles. The molecule has 0 radical (unpaired) electrons. The van der Waals surface area contributed by atoms with Crippen LogP contribution in [0.4, 0.5) is 5.69 Å². The topological polar surface area (TPSA) is 69.7 Å². The Balaban J connectivity index is 1.48. The number of fused-ring (bicyclic) bond motifs is 1. The van der Waals surface area contributed by atoms with Gasteiger partial charge in [-0.2, -0.15) is 0 Å². The molecule has 0 aliphatic carbocycles. The number of likely N-dealkylation sites (tertiary alicyclic amines) is 1. The van der Waals surface area contributed by atoms with Crippen LogP contribution in [0.1, 0.15) is 46.6 Å². The van der Waals surface area contributed by atoms with Crippen LogP contribution in [-0.2, 0) is 16.4 Å². The molecule has 2 aromatic rings. The molecule has 4 rings (SSSR count). The lowest BCUT2D eigenvalue weighted by Gasteiger charge is -2.27. The van der Waals surface area contributed by atoms with Crippen molar-refractivity contribution in [1.29, 1.82) is 0 Å². The molecule has 0 bridgehead atoms. The fraction of sp³-hybridized carbons (Fsp3) is 0.476. The summed E-state index contributed by atoms with van der Waals surface area (Å²) >= 11 is 1.73. The van der Waals surface area contributed by atoms with Gasteiger partial charge in [0.05, 0.1) is 18.0 Å². The Morgan fingerprint density at radius 2 is 2.03 bits per heavy atom. The number of hydrogen-bond acceptors (Lipinski definition) is 5. The predicted octanol–water partition coefficient (Wildman–Crippen LogP) is 3.03. The zero-order chi connectivity index (χ0) is 20.6. The van der Waals surface area contributed by atoms with Crippen molar-refractivity contribution in [3.05, 3.63) is 51.7 Å². The zero-order valence-corrected chi connectivity index (χ0v) is 18.4. The first-order chi connectivity index (χ1) is 13.8. The lowest BCUT2D eigenvalue weighted by atomic mass is 10.1. The van der Waals surface area contributed by atoms with Crippen LogP contribution in [0.25, 0.3) is 0 Å². The van der Waals surface area contributed by atoms with E-state index >= 15 is 0 Å². The van der Waals surface area contributed by atoms with Crippen molar-refractivity contribution >= 4 is 33.0 Å². The molecule has 156 valence electrons. The van der Waals surface area contributed by atoms with E-state index in [1.807, 2.05) is 13.0 Å². The molecule has 2 atom stereocenters. The van der Waals surface area contributed by atoms with E-state index in [1.54, 1.807) is 23.5 Å². The van der Waals surface area contributed by atoms with Gasteiger partial charge in [-0.15, -0.1) is 11.3 Å². The summed E-state index contributed by atoms with van der Waals surface area (Å²) in [5.41, 5.74) is 2.17. The summed E-state index contributed by atoms with van der Waals surface area (Å²) in [7, 11) is -3.33. The summed E-state index contributed by atoms with van der Waals surface area (Å²) in [5, 5.41) is 5.18. The largest absolute Gasteiger partial charge is 0.350 e. The molecule has 8 heteroatoms. The highest BCUT2D eigenvalue weighted by Gasteiger charge is 2.33. The maximum absolute atomic E-state index is 12.8. The molecule has 1 aromatic carbocycles. The number of hydrogen-bond donors (Lipinski definition) is 1. The quantitative estimate of drug-likeness (QED) is 0.760. The van der Waals surface area contributed by atoms with Gasteiger partial charge in [0.25, 0.3) is 5.91 Å². The number of nitrogens with one attached hydrogen (secondary N) is 1. The fourth-order valence-corrected chi connectivity index (χ4v) is 6.61. The van der Waals surface area contributed by atoms with Gasteiger partial charge >= 0.3 is 0 Å². The van der Waals surface area contributed by atoms with E-state index in [4.69, 9.17) is 0 Å². The Hall–Kier alpha value is -1.90. The molecular weight excluding hydrogens is 406 g/mol. The van der Waals surface area contributed by atoms with Gasteiger partial charge in [0.15, 0.2) is 0 Å². The summed E-state index contributed by atoms with van der Waals surface area (Å²) in [6, 6.07) is 9.58. The second kappa shape index (κ2) is 8.08. The van der Waals surface area contributed by atoms with Crippen molar-refractivity contribution in [3.63, 3.8) is 0 Å². The number of nitrogens with zero attached hydrogens (tertiary/aromatic N) is 2. The van der Waals surface area contributed by atoms with Crippen LogP contribution in [0, 0.1) is 0 Å². The molecule has 0 saturated carbocycles. The molecular formula is C21H27N3O3S2. The van der Waals surface area contributed by atoms with Gasteiger partial charge in [0.1, 0.15) is 0 Å². The Kier molecular flexibility index (Phi) is 5.68. The number of carbonyl (C=O) groups excluding carboxylic acids is 1. The molecule has 1 N–H and O–H groups in total. The number of sulfonamides is 1. The summed E-state index contributed by atoms with van der Waals surface area (Å²) in [5.74, 6) is -0.112. The third kappa shape index (κ3) is 4.20. The number of rotatable bonds is 6. The van der Waals surface area contributed by atoms with E-state index in [0.29, 0.717) is 24.2 Å². The molecule has 1 amide bonds. The average molecular weight is 434 g/mol. The lowest BCUT2D eigenvalue weighted by Crippen LogP contribution is -2.36. The highest BCUT2D eigenvalue weighted by molar-refractivity contribution is 7.92. The number of amides is 1. The first kappa shape index (κ1) is 20.4. The van der Waals surface area contributed by atoms with Crippen LogP contribution in [0.2, 0.25) is 0 Å². The van der Waals surface area contributed by atoms with Crippen molar-refractivity contribution in [3.8, 4) is 0 Å². The van der Waals surface area contributed by atoms with E-state index in [1.165, 1.54) is 28.3 Å². The second-order valence-corrected chi connectivity index (χ2v) is 10.8. The van der Waals surface area contributed by atoms with E-state index in [2.05, 4.69) is 27.7 Å². The third-order valence-electron chi connectivity index (χ3n) is 5.76. The van der Waals surface area contributed by atoms with Gasteiger partial charge in [0.2, 0.25) is 10.0 Å². The first-order valence-electron chi connectivity index (χ1n) is 10.0. The smallest absolute Gasteiger partial charge is 0.251 e. The van der Waals surface area contributed by atoms with E-state index in [-0.39, 0.29) is 18.0 Å². The molecule has 2 aliphatic rings. The number of anilines is 1. The summed E-state index contributed by atoms with van der Waals surface area (Å²) in [4.78, 5) is 16.6. The standard InChI is InChI=1S/C21H27N3O3S2/c1-15-12-17-13-16(7-8-18(17)24(15)29(2,26)27)21(25)22-14-19(20-6-5-11-28-20)23-9-3-4-10-23/h5-8,11,13,15,19H,3-4,9-10,12,14H2,1-2H3,(H,22,25). The molecule has 2 aliphatic heterocycles. The van der Waals surface area contributed by atoms with Gasteiger partial charge in [-0.1, -0.05) is 6.07 Å². The normalized spacial score (nSPS) is 20.6. The maximum atomic E-state index is 12.8. The fourth-order valence-electron chi connectivity index (χ4n) is 4.48. The zero-order valence-electron chi connectivity index (χ0n) is 16.8. The summed E-state index contributed by atoms with van der Waals surface area (Å²) in [6.07, 6.45) is 4.25. The van der Waals surface area contributed by atoms with Crippen LogP contribution >= 0.6 is 11.3 Å². The molecule has 1 aromatic heterocycles. The van der Waals surface area contributed by atoms with Gasteiger partial charge in [0, 0.05) is 23.0 Å². The van der Waals surface area contributed by atoms with Gasteiger partial charge in [-0.25, -0.2) is 8.42 Å². The monoisotopic (exact) mass is 433 g/mol. The van der Waals surface area contributed by atoms with Crippen LogP contribution < -0.4 is 9.62 Å². The SMILES string of the molecule is CC1Cc2cc(C(=O)NCC(c3cccs3)N3CCCC3)ccc2N1S(C)(=O)=O. The van der Waals surface area contributed by atoms with Crippen LogP contribution in [0.15, 0.2) is 35.7 Å². The van der Waals surface area contributed by atoms with E-state index < -0.39 is 10.0 Å². The number of benzene rings is 1. The minimum absolute atomic E-state index is 0.112. The highest BCUT2D eigenvalue weighted by atomic mass is 32.2. The minimum atomic E-state index is -3.33. The van der Waals surface area contributed by atoms with Crippen LogP contribution in [0.3, 0.4) is 0 Å². The molecule has 29 heavy (non-hydrogen) atoms. The number of thiophene rings is 1. The van der Waals surface area contributed by atoms with Crippen molar-refractivity contribution in [2.75, 3.05) is 30.2 Å². The van der Waals surface area contributed by atoms with Crippen molar-refractivity contribution in [2.24, 2.45) is 0 Å². The van der Waals surface area contributed by atoms with Crippen molar-refractivity contribution in [1.82, 2.24) is 10.2 Å². The Labute approximate surface area is 176 Å². The summed E-state index contributed by atoms with van der Waals surface area (Å²) in [6.45, 7) is 4.59. The Bertz CT molecular complexity index is 983. The van der Waals surface area contributed by atoms with E-state index in [9.17, 15) is 13.2 Å². The maximum Gasteiger partial charge on any atom is 0.251 e. The van der Waals surface area contributed by atoms with Crippen LogP contribution in [0.5, 0.6) is 0 Å². The molecule has 1 fully saturated rings. The average Bonchev–Trinajstić information content (AvgIpc) is 3.41. The molecule has 3 heterocycles. The van der Waals surface area contributed by atoms with Crippen molar-refractivity contribution in [2.45, 2.75) is 38.3 Å². The lowest BCUT2D eigenvalue weighted by molar-refractivity contribution is 0.0938. The van der Waals surface area contributed by atoms with Gasteiger partial charge in [-0.3, -0.25) is 14.0 Å². The first-order valence-corrected chi connectivity index (χ1v) is 12.8. The Morgan fingerprint density at radius 1 is 1.28 bits per heavy atom. The van der Waals surface area contributed by atoms with Crippen molar-refractivity contribution < 1.29 is 13.2 Å². The minimum Gasteiger partial charge on any atom is -0.350 e.